The number of carbonyl (C=O) groups excluding carboxylic acids is 1. The number of ether oxygens (including phenoxy) is 1. The molecule has 1 aliphatic rings. The van der Waals surface area contributed by atoms with Crippen molar-refractivity contribution >= 4 is 5.91 Å². The maximum absolute atomic E-state index is 14.1. The number of carbonyl (C=O) groups is 1. The molecule has 0 aromatic carbocycles. The van der Waals surface area contributed by atoms with Gasteiger partial charge in [-0.2, -0.15) is 14.5 Å². The van der Waals surface area contributed by atoms with Crippen LogP contribution < -0.4 is 4.74 Å². The van der Waals surface area contributed by atoms with Gasteiger partial charge < -0.3 is 9.64 Å². The zero-order chi connectivity index (χ0) is 16.2. The van der Waals surface area contributed by atoms with Crippen LogP contribution in [0.1, 0.15) is 19.0 Å². The van der Waals surface area contributed by atoms with Crippen LogP contribution >= 0.6 is 0 Å². The van der Waals surface area contributed by atoms with Gasteiger partial charge in [-0.25, -0.2) is 14.6 Å². The van der Waals surface area contributed by atoms with E-state index in [-0.39, 0.29) is 24.4 Å². The molecule has 1 aliphatic heterocycles. The van der Waals surface area contributed by atoms with Crippen LogP contribution in [0.3, 0.4) is 0 Å². The highest BCUT2D eigenvalue weighted by molar-refractivity contribution is 5.76. The first-order chi connectivity index (χ1) is 11.2. The molecule has 1 fully saturated rings. The first kappa shape index (κ1) is 15.3. The summed E-state index contributed by atoms with van der Waals surface area (Å²) in [6, 6.07) is 0. The summed E-state index contributed by atoms with van der Waals surface area (Å²) in [5.74, 6) is -0.645. The van der Waals surface area contributed by atoms with Crippen molar-refractivity contribution in [1.29, 1.82) is 0 Å². The first-order valence-corrected chi connectivity index (χ1v) is 7.43. The Hall–Kier alpha value is -2.58. The highest BCUT2D eigenvalue weighted by Crippen LogP contribution is 2.21. The average Bonchev–Trinajstić information content (AvgIpc) is 3.21. The molecule has 0 spiro atoms. The van der Waals surface area contributed by atoms with Gasteiger partial charge in [-0.15, -0.1) is 0 Å². The minimum Gasteiger partial charge on any atom is -0.470 e. The molecule has 0 N–H and O–H groups in total. The molecule has 0 radical (unpaired) electrons. The average molecular weight is 320 g/mol. The Bertz CT molecular complexity index is 678. The van der Waals surface area contributed by atoms with Crippen molar-refractivity contribution < 1.29 is 13.9 Å². The molecule has 8 nitrogen and oxygen atoms in total. The summed E-state index contributed by atoms with van der Waals surface area (Å²) in [6.45, 7) is 2.91. The number of aromatic nitrogens is 5. The van der Waals surface area contributed by atoms with Gasteiger partial charge in [0, 0.05) is 13.0 Å². The first-order valence-electron chi connectivity index (χ1n) is 7.43. The van der Waals surface area contributed by atoms with E-state index in [1.807, 2.05) is 6.92 Å². The van der Waals surface area contributed by atoms with Gasteiger partial charge in [0.05, 0.1) is 12.2 Å². The van der Waals surface area contributed by atoms with E-state index in [2.05, 4.69) is 20.1 Å². The van der Waals surface area contributed by atoms with E-state index in [1.54, 1.807) is 4.90 Å². The smallest absolute Gasteiger partial charge is 0.254 e. The Labute approximate surface area is 132 Å². The maximum atomic E-state index is 14.1. The molecule has 23 heavy (non-hydrogen) atoms. The van der Waals surface area contributed by atoms with E-state index < -0.39 is 5.82 Å². The summed E-state index contributed by atoms with van der Waals surface area (Å²) in [5.41, 5.74) is 0.326. The van der Waals surface area contributed by atoms with E-state index in [4.69, 9.17) is 4.74 Å². The number of halogens is 1. The van der Waals surface area contributed by atoms with Gasteiger partial charge in [0.25, 0.3) is 5.88 Å². The molecule has 2 aromatic heterocycles. The van der Waals surface area contributed by atoms with Crippen LogP contribution in [0.5, 0.6) is 5.88 Å². The predicted molar refractivity (Wildman–Crippen MR) is 77.0 cm³/mol. The topological polar surface area (TPSA) is 86.0 Å². The number of nitrogens with zero attached hydrogens (tertiary/aromatic N) is 6. The number of aryl methyl sites for hydroxylation is 1. The molecular weight excluding hydrogens is 303 g/mol. The van der Waals surface area contributed by atoms with Gasteiger partial charge in [0.15, 0.2) is 0 Å². The van der Waals surface area contributed by atoms with Gasteiger partial charge in [-0.1, -0.05) is 6.92 Å². The molecule has 3 heterocycles. The fourth-order valence-electron chi connectivity index (χ4n) is 2.48. The van der Waals surface area contributed by atoms with E-state index in [0.29, 0.717) is 31.6 Å². The van der Waals surface area contributed by atoms with Gasteiger partial charge in [0.1, 0.15) is 31.6 Å². The minimum absolute atomic E-state index is 0.0487. The van der Waals surface area contributed by atoms with E-state index in [1.165, 1.54) is 23.7 Å². The molecule has 1 amide bonds. The third-order valence-electron chi connectivity index (χ3n) is 3.70. The van der Waals surface area contributed by atoms with Crippen molar-refractivity contribution in [2.75, 3.05) is 13.1 Å². The monoisotopic (exact) mass is 320 g/mol. The van der Waals surface area contributed by atoms with Crippen LogP contribution in [-0.2, 0) is 17.8 Å². The molecule has 0 unspecified atom stereocenters. The Morgan fingerprint density at radius 2 is 2.30 bits per heavy atom. The van der Waals surface area contributed by atoms with Crippen LogP contribution in [0.2, 0.25) is 0 Å². The molecular formula is C14H17FN6O2. The van der Waals surface area contributed by atoms with Crippen LogP contribution in [-0.4, -0.2) is 54.7 Å². The van der Waals surface area contributed by atoms with Gasteiger partial charge in [-0.05, 0) is 6.42 Å². The Kier molecular flexibility index (Phi) is 4.45. The number of hydrogen-bond acceptors (Lipinski definition) is 6. The number of hydrogen-bond donors (Lipinski definition) is 0. The highest BCUT2D eigenvalue weighted by Gasteiger charge is 2.29. The van der Waals surface area contributed by atoms with Crippen molar-refractivity contribution in [2.45, 2.75) is 32.4 Å². The van der Waals surface area contributed by atoms with Crippen molar-refractivity contribution in [2.24, 2.45) is 0 Å². The highest BCUT2D eigenvalue weighted by atomic mass is 19.1. The fraction of sp³-hybridized carbons (Fsp3) is 0.500. The molecule has 3 rings (SSSR count). The summed E-state index contributed by atoms with van der Waals surface area (Å²) < 4.78 is 21.2. The second-order valence-electron chi connectivity index (χ2n) is 5.25. The van der Waals surface area contributed by atoms with Crippen molar-refractivity contribution in [3.63, 3.8) is 0 Å². The maximum Gasteiger partial charge on any atom is 0.254 e. The third kappa shape index (κ3) is 3.43. The van der Waals surface area contributed by atoms with Crippen LogP contribution in [0.15, 0.2) is 19.0 Å². The summed E-state index contributed by atoms with van der Waals surface area (Å²) in [4.78, 5) is 25.3. The van der Waals surface area contributed by atoms with E-state index in [0.717, 1.165) is 0 Å². The standard InChI is InChI=1S/C14H17FN6O2/c1-2-11-13(15)14(18-8-17-11)23-10-3-4-20(5-10)12(22)6-21-9-16-7-19-21/h7-10H,2-6H2,1H3/t10-/m0/s1. The lowest BCUT2D eigenvalue weighted by atomic mass is 10.3. The summed E-state index contributed by atoms with van der Waals surface area (Å²) in [7, 11) is 0. The summed E-state index contributed by atoms with van der Waals surface area (Å²) in [5, 5.41) is 3.91. The Morgan fingerprint density at radius 3 is 3.04 bits per heavy atom. The predicted octanol–water partition coefficient (Wildman–Crippen LogP) is 0.449. The van der Waals surface area contributed by atoms with Crippen LogP contribution in [0.4, 0.5) is 4.39 Å². The second kappa shape index (κ2) is 6.67. The lowest BCUT2D eigenvalue weighted by Gasteiger charge is -2.17. The largest absolute Gasteiger partial charge is 0.470 e. The van der Waals surface area contributed by atoms with Gasteiger partial charge >= 0.3 is 0 Å². The molecule has 0 saturated carbocycles. The molecule has 1 atom stereocenters. The lowest BCUT2D eigenvalue weighted by molar-refractivity contribution is -0.131. The van der Waals surface area contributed by atoms with E-state index in [9.17, 15) is 9.18 Å². The zero-order valence-corrected chi connectivity index (χ0v) is 12.7. The molecule has 2 aromatic rings. The van der Waals surface area contributed by atoms with Crippen LogP contribution in [0.25, 0.3) is 0 Å². The lowest BCUT2D eigenvalue weighted by Crippen LogP contribution is -2.33. The minimum atomic E-state index is -0.526. The second-order valence-corrected chi connectivity index (χ2v) is 5.25. The molecule has 0 aliphatic carbocycles. The van der Waals surface area contributed by atoms with Gasteiger partial charge in [-0.3, -0.25) is 4.79 Å². The van der Waals surface area contributed by atoms with Crippen molar-refractivity contribution in [3.05, 3.63) is 30.5 Å². The van der Waals surface area contributed by atoms with Crippen molar-refractivity contribution in [1.82, 2.24) is 29.6 Å². The molecule has 0 bridgehead atoms. The van der Waals surface area contributed by atoms with Gasteiger partial charge in [0.2, 0.25) is 11.7 Å². The fourth-order valence-corrected chi connectivity index (χ4v) is 2.48. The number of amides is 1. The normalized spacial score (nSPS) is 17.5. The molecule has 9 heteroatoms. The summed E-state index contributed by atoms with van der Waals surface area (Å²) in [6.07, 6.45) is 4.99. The number of likely N-dealkylation sites (tertiary alicyclic amines) is 1. The quantitative estimate of drug-likeness (QED) is 0.795. The Balaban J connectivity index is 1.59. The summed E-state index contributed by atoms with van der Waals surface area (Å²) >= 11 is 0. The van der Waals surface area contributed by atoms with Crippen LogP contribution in [0, 0.1) is 5.82 Å². The number of rotatable bonds is 5. The molecule has 1 saturated heterocycles. The van der Waals surface area contributed by atoms with E-state index >= 15 is 0 Å². The zero-order valence-electron chi connectivity index (χ0n) is 12.7. The molecule has 122 valence electrons. The SMILES string of the molecule is CCc1ncnc(O[C@H]2CCN(C(=O)Cn3cncn3)C2)c1F. The van der Waals surface area contributed by atoms with Crippen molar-refractivity contribution in [3.8, 4) is 5.88 Å². The third-order valence-corrected chi connectivity index (χ3v) is 3.70. The Morgan fingerprint density at radius 1 is 1.43 bits per heavy atom.